The Balaban J connectivity index is 1.22. The van der Waals surface area contributed by atoms with Gasteiger partial charge in [-0.2, -0.15) is 18.8 Å². The largest absolute Gasteiger partial charge is 0.359 e. The molecule has 0 spiro atoms. The lowest BCUT2D eigenvalue weighted by Crippen LogP contribution is -2.55. The van der Waals surface area contributed by atoms with E-state index >= 15 is 0 Å². The minimum absolute atomic E-state index is 0.151. The van der Waals surface area contributed by atoms with Gasteiger partial charge >= 0.3 is 0 Å². The Kier molecular flexibility index (Phi) is 7.17. The van der Waals surface area contributed by atoms with Crippen LogP contribution in [0.5, 0.6) is 0 Å². The van der Waals surface area contributed by atoms with E-state index in [4.69, 9.17) is 27.9 Å². The fourth-order valence-corrected chi connectivity index (χ4v) is 11.7. The molecular weight excluding hydrogens is 659 g/mol. The third kappa shape index (κ3) is 4.61. The Morgan fingerprint density at radius 2 is 1.04 bits per heavy atom. The van der Waals surface area contributed by atoms with Crippen molar-refractivity contribution in [2.24, 2.45) is 0 Å². The molecule has 4 bridgehead atoms. The summed E-state index contributed by atoms with van der Waals surface area (Å²) in [5.41, 5.74) is 2.97. The first kappa shape index (κ1) is 29.6. The number of halogens is 2. The molecule has 236 valence electrons. The van der Waals surface area contributed by atoms with Crippen LogP contribution in [0.4, 0.5) is 0 Å². The smallest absolute Gasteiger partial charge is 0.243 e. The quantitative estimate of drug-likeness (QED) is 0.259. The van der Waals surface area contributed by atoms with E-state index < -0.39 is 56.4 Å². The Morgan fingerprint density at radius 1 is 0.644 bits per heavy atom. The maximum absolute atomic E-state index is 14.3. The summed E-state index contributed by atoms with van der Waals surface area (Å²) in [5, 5.41) is 15.8. The van der Waals surface area contributed by atoms with Crippen molar-refractivity contribution in [1.82, 2.24) is 29.0 Å². The van der Waals surface area contributed by atoms with Crippen LogP contribution in [-0.4, -0.2) is 57.9 Å². The third-order valence-electron chi connectivity index (χ3n) is 9.68. The second-order valence-corrected chi connectivity index (χ2v) is 16.6. The normalized spacial score (nSPS) is 28.4. The van der Waals surface area contributed by atoms with E-state index in [2.05, 4.69) is 20.4 Å². The number of ether oxygens (including phenoxy) is 1. The lowest BCUT2D eigenvalue weighted by Gasteiger charge is -2.51. The molecule has 0 radical (unpaired) electrons. The van der Waals surface area contributed by atoms with Crippen LogP contribution in [0.25, 0.3) is 0 Å². The van der Waals surface area contributed by atoms with Gasteiger partial charge in [0.15, 0.2) is 0 Å². The van der Waals surface area contributed by atoms with Crippen LogP contribution in [0.1, 0.15) is 85.3 Å². The van der Waals surface area contributed by atoms with Crippen molar-refractivity contribution in [3.05, 3.63) is 93.5 Å². The summed E-state index contributed by atoms with van der Waals surface area (Å²) in [5.74, 6) is 0. The molecule has 6 atom stereocenters. The molecule has 2 N–H and O–H groups in total. The number of aromatic nitrogens is 4. The van der Waals surface area contributed by atoms with E-state index in [1.165, 1.54) is 24.3 Å². The lowest BCUT2D eigenvalue weighted by molar-refractivity contribution is -0.113. The Hall–Kier alpha value is -2.78. The molecular formula is C30H30Cl2N6O5S2. The van der Waals surface area contributed by atoms with Crippen molar-refractivity contribution >= 4 is 43.2 Å². The van der Waals surface area contributed by atoms with Gasteiger partial charge in [0.2, 0.25) is 20.0 Å². The molecule has 11 nitrogen and oxygen atoms in total. The van der Waals surface area contributed by atoms with Crippen LogP contribution in [0.15, 0.2) is 70.7 Å². The second kappa shape index (κ2) is 10.9. The monoisotopic (exact) mass is 688 g/mol. The van der Waals surface area contributed by atoms with Gasteiger partial charge in [-0.15, -0.1) is 0 Å². The summed E-state index contributed by atoms with van der Waals surface area (Å²) in [6.07, 6.45) is 5.91. The molecule has 8 rings (SSSR count). The number of nitrogens with one attached hydrogen (secondary N) is 2. The lowest BCUT2D eigenvalue weighted by atomic mass is 9.81. The van der Waals surface area contributed by atoms with E-state index in [-0.39, 0.29) is 9.79 Å². The summed E-state index contributed by atoms with van der Waals surface area (Å²) in [6.45, 7) is 0. The summed E-state index contributed by atoms with van der Waals surface area (Å²) in [6, 6.07) is 10.5. The van der Waals surface area contributed by atoms with Gasteiger partial charge in [0.1, 0.15) is 12.2 Å². The highest BCUT2D eigenvalue weighted by Gasteiger charge is 2.55. The van der Waals surface area contributed by atoms with E-state index in [0.29, 0.717) is 35.7 Å². The number of rotatable bonds is 6. The number of fused-ring (bicyclic) bond motifs is 8. The number of sulfonamides is 2. The zero-order chi connectivity index (χ0) is 31.1. The van der Waals surface area contributed by atoms with Gasteiger partial charge in [-0.25, -0.2) is 16.8 Å². The molecule has 2 saturated heterocycles. The third-order valence-corrected chi connectivity index (χ3v) is 14.1. The molecule has 6 heterocycles. The molecule has 2 fully saturated rings. The van der Waals surface area contributed by atoms with Gasteiger partial charge in [0, 0.05) is 21.2 Å². The van der Waals surface area contributed by atoms with Crippen LogP contribution in [0.2, 0.25) is 10.0 Å². The zero-order valence-corrected chi connectivity index (χ0v) is 27.0. The second-order valence-electron chi connectivity index (χ2n) is 12.1. The summed E-state index contributed by atoms with van der Waals surface area (Å²) in [7, 11) is -7.91. The summed E-state index contributed by atoms with van der Waals surface area (Å²) in [4.78, 5) is 0.303. The molecule has 15 heteroatoms. The highest BCUT2D eigenvalue weighted by Crippen LogP contribution is 2.54. The molecule has 0 saturated carbocycles. The van der Waals surface area contributed by atoms with Crippen molar-refractivity contribution in [2.75, 3.05) is 0 Å². The summed E-state index contributed by atoms with van der Waals surface area (Å²) >= 11 is 12.2. The standard InChI is InChI=1S/C30H30Cl2N6O5S2/c31-17-7-11-19(12-8-17)44(39,40)37-23-3-1-5-25(37)29(27-21(23)15-33-35-27)43-30-26-6-2-4-24(22-16-34-36-28(22)30)38(26)45(41,42)20-13-9-18(32)10-14-20/h7-16,23-26,29-30H,1-6H2,(H,33,35)(H,34,36). The number of nitrogens with zero attached hydrogens (tertiary/aromatic N) is 4. The van der Waals surface area contributed by atoms with Crippen molar-refractivity contribution < 1.29 is 21.6 Å². The van der Waals surface area contributed by atoms with Gasteiger partial charge in [-0.1, -0.05) is 23.2 Å². The van der Waals surface area contributed by atoms with Crippen LogP contribution in [0, 0.1) is 0 Å². The molecule has 2 aromatic heterocycles. The molecule has 45 heavy (non-hydrogen) atoms. The van der Waals surface area contributed by atoms with Gasteiger partial charge in [-0.3, -0.25) is 10.2 Å². The predicted molar refractivity (Wildman–Crippen MR) is 165 cm³/mol. The zero-order valence-electron chi connectivity index (χ0n) is 23.9. The number of hydrogen-bond donors (Lipinski definition) is 2. The SMILES string of the molecule is O=S(=O)(c1ccc(Cl)cc1)N1C2CCCC1C(OC1c3[nH]ncc3C3CCCC1N3S(=O)(=O)c1ccc(Cl)cc1)c1[nH]ncc12. The number of benzene rings is 2. The fraction of sp³-hybridized carbons (Fsp3) is 0.400. The maximum Gasteiger partial charge on any atom is 0.243 e. The highest BCUT2D eigenvalue weighted by molar-refractivity contribution is 7.89. The van der Waals surface area contributed by atoms with E-state index in [0.717, 1.165) is 35.4 Å². The Morgan fingerprint density at radius 3 is 1.44 bits per heavy atom. The molecule has 4 aliphatic rings. The highest BCUT2D eigenvalue weighted by atomic mass is 35.5. The van der Waals surface area contributed by atoms with Crippen LogP contribution in [-0.2, 0) is 24.8 Å². The van der Waals surface area contributed by atoms with E-state index in [1.807, 2.05) is 0 Å². The van der Waals surface area contributed by atoms with Crippen LogP contribution < -0.4 is 0 Å². The van der Waals surface area contributed by atoms with Gasteiger partial charge in [-0.05, 0) is 87.1 Å². The van der Waals surface area contributed by atoms with Crippen LogP contribution >= 0.6 is 23.2 Å². The van der Waals surface area contributed by atoms with Crippen molar-refractivity contribution in [3.8, 4) is 0 Å². The number of hydrogen-bond acceptors (Lipinski definition) is 7. The van der Waals surface area contributed by atoms with Gasteiger partial charge in [0.05, 0.1) is 57.7 Å². The molecule has 0 amide bonds. The van der Waals surface area contributed by atoms with Gasteiger partial charge in [0.25, 0.3) is 0 Å². The number of aromatic amines is 2. The first-order valence-corrected chi connectivity index (χ1v) is 18.6. The van der Waals surface area contributed by atoms with Crippen molar-refractivity contribution in [3.63, 3.8) is 0 Å². The Labute approximate surface area is 271 Å². The van der Waals surface area contributed by atoms with Crippen molar-refractivity contribution in [2.45, 2.75) is 84.7 Å². The minimum Gasteiger partial charge on any atom is -0.359 e. The van der Waals surface area contributed by atoms with Gasteiger partial charge < -0.3 is 4.74 Å². The average molecular weight is 690 g/mol. The fourth-order valence-electron chi connectivity index (χ4n) is 7.77. The molecule has 0 aliphatic carbocycles. The van der Waals surface area contributed by atoms with E-state index in [9.17, 15) is 16.8 Å². The first-order valence-electron chi connectivity index (χ1n) is 15.0. The van der Waals surface area contributed by atoms with Crippen molar-refractivity contribution in [1.29, 1.82) is 0 Å². The summed E-state index contributed by atoms with van der Waals surface area (Å²) < 4.78 is 67.2. The van der Waals surface area contributed by atoms with E-state index in [1.54, 1.807) is 45.3 Å². The molecule has 4 aromatic rings. The number of piperidine rings is 2. The molecule has 2 aromatic carbocycles. The number of H-pyrrole nitrogens is 2. The topological polar surface area (TPSA) is 141 Å². The Bertz CT molecular complexity index is 1820. The predicted octanol–water partition coefficient (Wildman–Crippen LogP) is 5.83. The average Bonchev–Trinajstić information content (AvgIpc) is 3.72. The minimum atomic E-state index is -3.96. The molecule has 4 aliphatic heterocycles. The molecule has 6 unspecified atom stereocenters. The van der Waals surface area contributed by atoms with Crippen LogP contribution in [0.3, 0.4) is 0 Å². The first-order chi connectivity index (χ1) is 21.7. The maximum atomic E-state index is 14.3.